The Hall–Kier alpha value is -0.940. The maximum absolute atomic E-state index is 13.7. The van der Waals surface area contributed by atoms with Crippen LogP contribution in [0.1, 0.15) is 26.7 Å². The second-order valence-electron chi connectivity index (χ2n) is 5.69. The smallest absolute Gasteiger partial charge is 0.282 e. The molecule has 1 aromatic carbocycles. The van der Waals surface area contributed by atoms with Gasteiger partial charge in [-0.1, -0.05) is 22.9 Å². The van der Waals surface area contributed by atoms with E-state index in [1.165, 1.54) is 17.4 Å². The summed E-state index contributed by atoms with van der Waals surface area (Å²) < 4.78 is 14.4. The molecule has 1 aromatic rings. The lowest BCUT2D eigenvalue weighted by atomic mass is 9.99. The van der Waals surface area contributed by atoms with Crippen LogP contribution in [-0.2, 0) is 4.79 Å². The van der Waals surface area contributed by atoms with Crippen molar-refractivity contribution < 1.29 is 14.1 Å². The number of benzene rings is 1. The van der Waals surface area contributed by atoms with Crippen molar-refractivity contribution in [1.82, 2.24) is 0 Å². The Morgan fingerprint density at radius 3 is 2.95 bits per heavy atom. The number of amides is 1. The predicted molar refractivity (Wildman–Crippen MR) is 81.3 cm³/mol. The first kappa shape index (κ1) is 15.4. The Labute approximate surface area is 127 Å². The molecule has 0 aromatic heterocycles. The fraction of sp³-hybridized carbons (Fsp3) is 0.533. The maximum Gasteiger partial charge on any atom is 0.282 e. The molecule has 110 valence electrons. The molecule has 0 saturated carbocycles. The number of hydrogen-bond donors (Lipinski definition) is 2. The Kier molecular flexibility index (Phi) is 5.16. The van der Waals surface area contributed by atoms with Gasteiger partial charge in [0.25, 0.3) is 5.91 Å². The monoisotopic (exact) mass is 343 g/mol. The molecule has 1 aliphatic heterocycles. The van der Waals surface area contributed by atoms with Crippen molar-refractivity contribution in [2.45, 2.75) is 32.7 Å². The lowest BCUT2D eigenvalue weighted by Crippen LogP contribution is -3.17. The molecule has 2 rings (SSSR count). The number of quaternary nitrogens is 1. The number of hydrogen-bond acceptors (Lipinski definition) is 1. The van der Waals surface area contributed by atoms with Gasteiger partial charge in [-0.2, -0.15) is 0 Å². The first-order valence-electron chi connectivity index (χ1n) is 7.08. The van der Waals surface area contributed by atoms with E-state index in [1.54, 1.807) is 12.1 Å². The average molecular weight is 344 g/mol. The third kappa shape index (κ3) is 3.79. The molecule has 0 bridgehead atoms. The summed E-state index contributed by atoms with van der Waals surface area (Å²) in [7, 11) is 0. The lowest BCUT2D eigenvalue weighted by Gasteiger charge is -2.31. The Morgan fingerprint density at radius 2 is 2.30 bits per heavy atom. The quantitative estimate of drug-likeness (QED) is 0.866. The number of likely N-dealkylation sites (tertiary alicyclic amines) is 1. The van der Waals surface area contributed by atoms with Gasteiger partial charge in [-0.05, 0) is 38.0 Å². The number of carbonyl (C=O) groups excluding carboxylic acids is 1. The minimum Gasteiger partial charge on any atom is -0.325 e. The third-order valence-electron chi connectivity index (χ3n) is 4.00. The Balaban J connectivity index is 2.00. The molecule has 1 amide bonds. The highest BCUT2D eigenvalue weighted by atomic mass is 79.9. The topological polar surface area (TPSA) is 33.5 Å². The molecule has 3 nitrogen and oxygen atoms in total. The molecule has 0 radical (unpaired) electrons. The molecule has 1 heterocycles. The third-order valence-corrected chi connectivity index (χ3v) is 4.49. The molecule has 0 aliphatic carbocycles. The molecule has 3 atom stereocenters. The second kappa shape index (κ2) is 6.68. The zero-order valence-corrected chi connectivity index (χ0v) is 13.5. The van der Waals surface area contributed by atoms with Gasteiger partial charge in [0.05, 0.1) is 18.8 Å². The zero-order chi connectivity index (χ0) is 14.7. The highest BCUT2D eigenvalue weighted by Crippen LogP contribution is 2.19. The van der Waals surface area contributed by atoms with Gasteiger partial charge in [0.1, 0.15) is 5.82 Å². The van der Waals surface area contributed by atoms with Gasteiger partial charge in [0, 0.05) is 10.4 Å². The van der Waals surface area contributed by atoms with Crippen LogP contribution in [0.5, 0.6) is 0 Å². The highest BCUT2D eigenvalue weighted by molar-refractivity contribution is 9.10. The zero-order valence-electron chi connectivity index (χ0n) is 11.9. The number of rotatable bonds is 3. The first-order valence-corrected chi connectivity index (χ1v) is 7.87. The van der Waals surface area contributed by atoms with Gasteiger partial charge in [0.2, 0.25) is 0 Å². The highest BCUT2D eigenvalue weighted by Gasteiger charge is 2.29. The normalized spacial score (nSPS) is 24.2. The Morgan fingerprint density at radius 1 is 1.55 bits per heavy atom. The van der Waals surface area contributed by atoms with Crippen LogP contribution in [0.3, 0.4) is 0 Å². The minimum absolute atomic E-state index is 0.115. The van der Waals surface area contributed by atoms with Gasteiger partial charge in [0.15, 0.2) is 6.04 Å². The summed E-state index contributed by atoms with van der Waals surface area (Å²) in [5.74, 6) is 0.121. The number of anilines is 1. The molecule has 2 N–H and O–H groups in total. The van der Waals surface area contributed by atoms with E-state index in [4.69, 9.17) is 0 Å². The molecule has 5 heteroatoms. The van der Waals surface area contributed by atoms with Crippen LogP contribution in [-0.4, -0.2) is 25.0 Å². The molecule has 1 saturated heterocycles. The van der Waals surface area contributed by atoms with Gasteiger partial charge in [-0.25, -0.2) is 4.39 Å². The summed E-state index contributed by atoms with van der Waals surface area (Å²) >= 11 is 3.20. The SMILES string of the molecule is C[C@@H]1CCC[NH+]([C@@H](C)C(=O)Nc2ccc(Br)cc2F)C1. The summed E-state index contributed by atoms with van der Waals surface area (Å²) in [5, 5.41) is 2.69. The summed E-state index contributed by atoms with van der Waals surface area (Å²) in [6.07, 6.45) is 2.39. The molecule has 1 aliphatic rings. The predicted octanol–water partition coefficient (Wildman–Crippen LogP) is 2.23. The van der Waals surface area contributed by atoms with E-state index in [2.05, 4.69) is 28.2 Å². The van der Waals surface area contributed by atoms with E-state index >= 15 is 0 Å². The number of piperidine rings is 1. The van der Waals surface area contributed by atoms with E-state index in [9.17, 15) is 9.18 Å². The van der Waals surface area contributed by atoms with Crippen LogP contribution >= 0.6 is 15.9 Å². The number of carbonyl (C=O) groups is 1. The van der Waals surface area contributed by atoms with Gasteiger partial charge >= 0.3 is 0 Å². The van der Waals surface area contributed by atoms with Crippen molar-refractivity contribution in [3.05, 3.63) is 28.5 Å². The summed E-state index contributed by atoms with van der Waals surface area (Å²) in [4.78, 5) is 13.5. The van der Waals surface area contributed by atoms with E-state index < -0.39 is 5.82 Å². The number of nitrogens with one attached hydrogen (secondary N) is 2. The number of halogens is 2. The van der Waals surface area contributed by atoms with Crippen LogP contribution in [0.15, 0.2) is 22.7 Å². The van der Waals surface area contributed by atoms with Crippen LogP contribution in [0.4, 0.5) is 10.1 Å². The van der Waals surface area contributed by atoms with E-state index in [0.717, 1.165) is 19.5 Å². The van der Waals surface area contributed by atoms with Crippen molar-refractivity contribution in [1.29, 1.82) is 0 Å². The minimum atomic E-state index is -0.415. The fourth-order valence-corrected chi connectivity index (χ4v) is 3.07. The second-order valence-corrected chi connectivity index (χ2v) is 6.61. The first-order chi connectivity index (χ1) is 9.47. The summed E-state index contributed by atoms with van der Waals surface area (Å²) in [6, 6.07) is 4.51. The van der Waals surface area contributed by atoms with E-state index in [0.29, 0.717) is 10.4 Å². The standard InChI is InChI=1S/C15H20BrFN2O/c1-10-4-3-7-19(9-10)11(2)15(20)18-14-6-5-12(16)8-13(14)17/h5-6,8,10-11H,3-4,7,9H2,1-2H3,(H,18,20)/p+1/t10-,11+/m1/s1. The van der Waals surface area contributed by atoms with Crippen LogP contribution in [0.25, 0.3) is 0 Å². The largest absolute Gasteiger partial charge is 0.325 e. The van der Waals surface area contributed by atoms with Crippen molar-refractivity contribution in [3.8, 4) is 0 Å². The van der Waals surface area contributed by atoms with Gasteiger partial charge < -0.3 is 10.2 Å². The van der Waals surface area contributed by atoms with Crippen LogP contribution in [0, 0.1) is 11.7 Å². The lowest BCUT2D eigenvalue weighted by molar-refractivity contribution is -0.922. The fourth-order valence-electron chi connectivity index (χ4n) is 2.74. The molecule has 0 spiro atoms. The van der Waals surface area contributed by atoms with Crippen molar-refractivity contribution in [2.24, 2.45) is 5.92 Å². The average Bonchev–Trinajstić information content (AvgIpc) is 2.41. The van der Waals surface area contributed by atoms with Crippen molar-refractivity contribution >= 4 is 27.5 Å². The molecular weight excluding hydrogens is 323 g/mol. The Bertz CT molecular complexity index is 495. The van der Waals surface area contributed by atoms with Crippen LogP contribution < -0.4 is 10.2 Å². The van der Waals surface area contributed by atoms with Gasteiger partial charge in [-0.15, -0.1) is 0 Å². The van der Waals surface area contributed by atoms with Crippen LogP contribution in [0.2, 0.25) is 0 Å². The summed E-state index contributed by atoms with van der Waals surface area (Å²) in [5.41, 5.74) is 0.245. The summed E-state index contributed by atoms with van der Waals surface area (Å²) in [6.45, 7) is 6.16. The maximum atomic E-state index is 13.7. The van der Waals surface area contributed by atoms with Crippen molar-refractivity contribution in [3.63, 3.8) is 0 Å². The van der Waals surface area contributed by atoms with E-state index in [1.807, 2.05) is 6.92 Å². The van der Waals surface area contributed by atoms with E-state index in [-0.39, 0.29) is 17.6 Å². The molecule has 20 heavy (non-hydrogen) atoms. The molecule has 1 unspecified atom stereocenters. The van der Waals surface area contributed by atoms with Crippen molar-refractivity contribution in [2.75, 3.05) is 18.4 Å². The molecule has 1 fully saturated rings. The molecular formula is C15H21BrFN2O+. The van der Waals surface area contributed by atoms with Gasteiger partial charge in [-0.3, -0.25) is 4.79 Å².